The molecule has 1 heterocycles. The minimum absolute atomic E-state index is 0.0456. The van der Waals surface area contributed by atoms with Gasteiger partial charge in [-0.3, -0.25) is 4.90 Å². The summed E-state index contributed by atoms with van der Waals surface area (Å²) in [7, 11) is -1.69. The number of hydrogen-bond acceptors (Lipinski definition) is 2. The average molecular weight is 293 g/mol. The molecule has 0 aromatic carbocycles. The Kier molecular flexibility index (Phi) is 5.55. The predicted octanol–water partition coefficient (Wildman–Crippen LogP) is 4.13. The largest absolute Gasteiger partial charge is 0.417 e. The summed E-state index contributed by atoms with van der Waals surface area (Å²) >= 11 is 0. The molecule has 114 valence electrons. The van der Waals surface area contributed by atoms with Crippen LogP contribution in [0.5, 0.6) is 0 Å². The van der Waals surface area contributed by atoms with Gasteiger partial charge < -0.3 is 4.43 Å². The fraction of sp³-hybridized carbons (Fsp3) is 1.00. The van der Waals surface area contributed by atoms with Crippen LogP contribution in [0.3, 0.4) is 0 Å². The van der Waals surface area contributed by atoms with E-state index >= 15 is 0 Å². The summed E-state index contributed by atoms with van der Waals surface area (Å²) in [5.41, 5.74) is 0. The van der Waals surface area contributed by atoms with Crippen LogP contribution in [0.4, 0.5) is 8.78 Å². The molecule has 1 rings (SSSR count). The summed E-state index contributed by atoms with van der Waals surface area (Å²) < 4.78 is 32.5. The Morgan fingerprint density at radius 1 is 1.26 bits per heavy atom. The summed E-state index contributed by atoms with van der Waals surface area (Å²) in [5, 5.41) is 0.213. The zero-order valence-corrected chi connectivity index (χ0v) is 14.1. The van der Waals surface area contributed by atoms with Gasteiger partial charge in [0.2, 0.25) is 0 Å². The van der Waals surface area contributed by atoms with E-state index in [1.54, 1.807) is 0 Å². The molecule has 0 atom stereocenters. The molecule has 1 aliphatic heterocycles. The fourth-order valence-corrected chi connectivity index (χ4v) is 3.16. The van der Waals surface area contributed by atoms with E-state index in [-0.39, 0.29) is 18.0 Å². The fourth-order valence-electron chi connectivity index (χ4n) is 2.07. The van der Waals surface area contributed by atoms with Crippen molar-refractivity contribution in [3.05, 3.63) is 0 Å². The van der Waals surface area contributed by atoms with E-state index in [0.29, 0.717) is 13.0 Å². The molecule has 0 radical (unpaired) electrons. The smallest absolute Gasteiger partial charge is 0.260 e. The molecule has 2 nitrogen and oxygen atoms in total. The van der Waals surface area contributed by atoms with Crippen LogP contribution in [0, 0.1) is 0 Å². The molecule has 0 aromatic heterocycles. The third-order valence-electron chi connectivity index (χ3n) is 4.36. The molecule has 0 aliphatic carbocycles. The van der Waals surface area contributed by atoms with E-state index < -0.39 is 14.2 Å². The Labute approximate surface area is 117 Å². The summed E-state index contributed by atoms with van der Waals surface area (Å²) in [6.45, 7) is 13.2. The molecular formula is C14H29F2NOSi. The first kappa shape index (κ1) is 17.0. The highest BCUT2D eigenvalue weighted by Gasteiger charge is 2.37. The molecule has 1 saturated heterocycles. The number of piperidine rings is 1. The van der Waals surface area contributed by atoms with Gasteiger partial charge in [-0.2, -0.15) is 0 Å². The van der Waals surface area contributed by atoms with Crippen molar-refractivity contribution >= 4 is 8.32 Å². The lowest BCUT2D eigenvalue weighted by molar-refractivity contribution is -0.0645. The zero-order valence-electron chi connectivity index (χ0n) is 13.1. The molecule has 0 saturated carbocycles. The third-order valence-corrected chi connectivity index (χ3v) is 8.90. The molecule has 0 amide bonds. The maximum absolute atomic E-state index is 13.2. The van der Waals surface area contributed by atoms with E-state index in [1.807, 2.05) is 4.90 Å². The predicted molar refractivity (Wildman–Crippen MR) is 78.4 cm³/mol. The molecule has 0 unspecified atom stereocenters. The van der Waals surface area contributed by atoms with E-state index in [1.165, 1.54) is 0 Å². The maximum atomic E-state index is 13.2. The number of likely N-dealkylation sites (tertiary alicyclic amines) is 1. The van der Waals surface area contributed by atoms with E-state index in [9.17, 15) is 8.78 Å². The van der Waals surface area contributed by atoms with Crippen LogP contribution in [-0.4, -0.2) is 45.4 Å². The molecular weight excluding hydrogens is 264 g/mol. The van der Waals surface area contributed by atoms with Crippen molar-refractivity contribution in [1.29, 1.82) is 0 Å². The van der Waals surface area contributed by atoms with Gasteiger partial charge in [-0.15, -0.1) is 0 Å². The highest BCUT2D eigenvalue weighted by Crippen LogP contribution is 2.36. The second kappa shape index (κ2) is 6.18. The van der Waals surface area contributed by atoms with Gasteiger partial charge in [-0.25, -0.2) is 8.78 Å². The number of nitrogens with zero attached hydrogens (tertiary/aromatic N) is 1. The molecule has 0 spiro atoms. The van der Waals surface area contributed by atoms with Gasteiger partial charge in [0, 0.05) is 19.6 Å². The first-order valence-electron chi connectivity index (χ1n) is 7.28. The van der Waals surface area contributed by atoms with Crippen molar-refractivity contribution in [2.45, 2.75) is 64.1 Å². The van der Waals surface area contributed by atoms with Crippen LogP contribution >= 0.6 is 0 Å². The van der Waals surface area contributed by atoms with Crippen LogP contribution < -0.4 is 0 Å². The number of hydrogen-bond donors (Lipinski definition) is 0. The van der Waals surface area contributed by atoms with Crippen molar-refractivity contribution in [1.82, 2.24) is 4.90 Å². The lowest BCUT2D eigenvalue weighted by atomic mass is 10.1. The maximum Gasteiger partial charge on any atom is 0.260 e. The second-order valence-corrected chi connectivity index (χ2v) is 12.0. The van der Waals surface area contributed by atoms with Crippen LogP contribution in [0.2, 0.25) is 18.1 Å². The van der Waals surface area contributed by atoms with Gasteiger partial charge in [0.15, 0.2) is 8.32 Å². The van der Waals surface area contributed by atoms with E-state index in [2.05, 4.69) is 33.9 Å². The van der Waals surface area contributed by atoms with E-state index in [0.717, 1.165) is 19.5 Å². The summed E-state index contributed by atoms with van der Waals surface area (Å²) in [4.78, 5) is 1.87. The molecule has 1 fully saturated rings. The molecule has 0 N–H and O–H groups in total. The Morgan fingerprint density at radius 3 is 2.42 bits per heavy atom. The monoisotopic (exact) mass is 293 g/mol. The third kappa shape index (κ3) is 5.48. The summed E-state index contributed by atoms with van der Waals surface area (Å²) in [6.07, 6.45) is 1.50. The Balaban J connectivity index is 2.24. The molecule has 0 bridgehead atoms. The van der Waals surface area contributed by atoms with Gasteiger partial charge >= 0.3 is 0 Å². The first-order chi connectivity index (χ1) is 8.54. The number of halogens is 2. The Hall–Kier alpha value is -0.00312. The lowest BCUT2D eigenvalue weighted by Crippen LogP contribution is -2.44. The standard InChI is InChI=1S/C14H29F2NOSi/c1-13(2,3)19(4,5)18-11-7-10-17-9-6-8-14(15,16)12-17/h6-12H2,1-5H3. The van der Waals surface area contributed by atoms with Crippen LogP contribution in [0.25, 0.3) is 0 Å². The Bertz CT molecular complexity index is 290. The highest BCUT2D eigenvalue weighted by molar-refractivity contribution is 6.74. The lowest BCUT2D eigenvalue weighted by Gasteiger charge is -2.37. The van der Waals surface area contributed by atoms with Crippen LogP contribution in [-0.2, 0) is 4.43 Å². The van der Waals surface area contributed by atoms with Crippen LogP contribution in [0.1, 0.15) is 40.0 Å². The van der Waals surface area contributed by atoms with Gasteiger partial charge in [-0.05, 0) is 37.5 Å². The van der Waals surface area contributed by atoms with E-state index in [4.69, 9.17) is 4.43 Å². The quantitative estimate of drug-likeness (QED) is 0.558. The summed E-state index contributed by atoms with van der Waals surface area (Å²) in [6, 6.07) is 0. The van der Waals surface area contributed by atoms with Crippen molar-refractivity contribution in [3.8, 4) is 0 Å². The molecule has 0 aromatic rings. The molecule has 19 heavy (non-hydrogen) atoms. The van der Waals surface area contributed by atoms with Gasteiger partial charge in [-0.1, -0.05) is 20.8 Å². The normalized spacial score (nSPS) is 21.6. The molecule has 5 heteroatoms. The van der Waals surface area contributed by atoms with Crippen LogP contribution in [0.15, 0.2) is 0 Å². The zero-order chi connectivity index (χ0) is 14.7. The minimum Gasteiger partial charge on any atom is -0.417 e. The van der Waals surface area contributed by atoms with Gasteiger partial charge in [0.1, 0.15) is 0 Å². The average Bonchev–Trinajstić information content (AvgIpc) is 2.21. The Morgan fingerprint density at radius 2 is 1.89 bits per heavy atom. The van der Waals surface area contributed by atoms with Gasteiger partial charge in [0.25, 0.3) is 5.92 Å². The SMILES string of the molecule is CC(C)(C)[Si](C)(C)OCCCN1CCCC(F)(F)C1. The van der Waals surface area contributed by atoms with Crippen molar-refractivity contribution in [3.63, 3.8) is 0 Å². The summed E-state index contributed by atoms with van der Waals surface area (Å²) in [5.74, 6) is -2.49. The number of rotatable bonds is 5. The minimum atomic E-state index is -2.49. The van der Waals surface area contributed by atoms with Crippen molar-refractivity contribution in [2.75, 3.05) is 26.2 Å². The highest BCUT2D eigenvalue weighted by atomic mass is 28.4. The number of alkyl halides is 2. The second-order valence-electron chi connectivity index (χ2n) is 7.20. The topological polar surface area (TPSA) is 12.5 Å². The van der Waals surface area contributed by atoms with Crippen molar-refractivity contribution in [2.24, 2.45) is 0 Å². The first-order valence-corrected chi connectivity index (χ1v) is 10.2. The van der Waals surface area contributed by atoms with Crippen molar-refractivity contribution < 1.29 is 13.2 Å². The molecule has 1 aliphatic rings. The van der Waals surface area contributed by atoms with Gasteiger partial charge in [0.05, 0.1) is 6.54 Å².